The van der Waals surface area contributed by atoms with Gasteiger partial charge < -0.3 is 15.7 Å². The van der Waals surface area contributed by atoms with E-state index in [9.17, 15) is 0 Å². The van der Waals surface area contributed by atoms with Crippen LogP contribution in [0.25, 0.3) is 0 Å². The highest BCUT2D eigenvalue weighted by atomic mass is 35.5. The van der Waals surface area contributed by atoms with Crippen molar-refractivity contribution < 1.29 is 9.94 Å². The lowest BCUT2D eigenvalue weighted by Gasteiger charge is -2.18. The van der Waals surface area contributed by atoms with Crippen molar-refractivity contribution in [1.29, 1.82) is 0 Å². The number of halogens is 2. The lowest BCUT2D eigenvalue weighted by Crippen LogP contribution is -2.24. The molecule has 0 saturated carbocycles. The van der Waals surface area contributed by atoms with Crippen LogP contribution in [0.1, 0.15) is 19.8 Å². The van der Waals surface area contributed by atoms with Crippen molar-refractivity contribution in [3.8, 4) is 5.75 Å². The fraction of sp³-hybridized carbons (Fsp3) is 0.364. The Kier molecular flexibility index (Phi) is 5.38. The van der Waals surface area contributed by atoms with Gasteiger partial charge in [-0.2, -0.15) is 0 Å². The van der Waals surface area contributed by atoms with Crippen molar-refractivity contribution in [2.75, 3.05) is 0 Å². The van der Waals surface area contributed by atoms with Crippen LogP contribution in [0.15, 0.2) is 23.4 Å². The summed E-state index contributed by atoms with van der Waals surface area (Å²) in [7, 11) is 0. The number of oxime groups is 1. The molecule has 0 fully saturated rings. The molecule has 4 nitrogen and oxygen atoms in total. The van der Waals surface area contributed by atoms with E-state index in [1.807, 2.05) is 6.92 Å². The van der Waals surface area contributed by atoms with Crippen LogP contribution in [0.3, 0.4) is 0 Å². The minimum Gasteiger partial charge on any atom is -0.488 e. The topological polar surface area (TPSA) is 67.8 Å². The van der Waals surface area contributed by atoms with Crippen molar-refractivity contribution in [3.05, 3.63) is 28.2 Å². The molecular formula is C11H14Cl2N2O2. The highest BCUT2D eigenvalue weighted by Crippen LogP contribution is 2.32. The Hall–Kier alpha value is -1.13. The van der Waals surface area contributed by atoms with Gasteiger partial charge in [0.2, 0.25) is 0 Å². The maximum atomic E-state index is 8.50. The smallest absolute Gasteiger partial charge is 0.142 e. The second-order valence-corrected chi connectivity index (χ2v) is 4.28. The van der Waals surface area contributed by atoms with Gasteiger partial charge in [0.15, 0.2) is 0 Å². The van der Waals surface area contributed by atoms with Crippen molar-refractivity contribution in [2.24, 2.45) is 10.9 Å². The third-order valence-corrected chi connectivity index (χ3v) is 3.03. The van der Waals surface area contributed by atoms with E-state index in [2.05, 4.69) is 5.16 Å². The van der Waals surface area contributed by atoms with Gasteiger partial charge in [-0.1, -0.05) is 41.3 Å². The van der Waals surface area contributed by atoms with Crippen LogP contribution in [-0.4, -0.2) is 17.1 Å². The average molecular weight is 277 g/mol. The first-order valence-electron chi connectivity index (χ1n) is 5.15. The molecule has 0 saturated heterocycles. The monoisotopic (exact) mass is 276 g/mol. The SMILES string of the molecule is CCC(C/C(N)=N/O)Oc1cccc(Cl)c1Cl. The van der Waals surface area contributed by atoms with Gasteiger partial charge in [-0.15, -0.1) is 0 Å². The van der Waals surface area contributed by atoms with Gasteiger partial charge in [-0.3, -0.25) is 0 Å². The molecule has 0 amide bonds. The minimum atomic E-state index is -0.207. The van der Waals surface area contributed by atoms with Crippen LogP contribution in [0.2, 0.25) is 10.0 Å². The van der Waals surface area contributed by atoms with Crippen molar-refractivity contribution in [3.63, 3.8) is 0 Å². The summed E-state index contributed by atoms with van der Waals surface area (Å²) in [6.45, 7) is 1.94. The largest absolute Gasteiger partial charge is 0.488 e. The molecule has 1 aromatic rings. The summed E-state index contributed by atoms with van der Waals surface area (Å²) in [6.07, 6.45) is 0.830. The molecule has 0 radical (unpaired) electrons. The van der Waals surface area contributed by atoms with Gasteiger partial charge in [-0.25, -0.2) is 0 Å². The molecule has 0 aromatic heterocycles. The zero-order chi connectivity index (χ0) is 12.8. The molecule has 1 rings (SSSR count). The lowest BCUT2D eigenvalue weighted by molar-refractivity contribution is 0.202. The summed E-state index contributed by atoms with van der Waals surface area (Å²) < 4.78 is 5.66. The highest BCUT2D eigenvalue weighted by molar-refractivity contribution is 6.42. The number of nitrogens with two attached hydrogens (primary N) is 1. The summed E-state index contributed by atoms with van der Waals surface area (Å²) in [5, 5.41) is 12.2. The molecular weight excluding hydrogens is 263 g/mol. The van der Waals surface area contributed by atoms with Crippen LogP contribution < -0.4 is 10.5 Å². The Morgan fingerprint density at radius 3 is 2.82 bits per heavy atom. The zero-order valence-corrected chi connectivity index (χ0v) is 10.9. The Bertz CT molecular complexity index is 410. The average Bonchev–Trinajstić information content (AvgIpc) is 2.33. The van der Waals surface area contributed by atoms with Crippen LogP contribution >= 0.6 is 23.2 Å². The van der Waals surface area contributed by atoms with E-state index >= 15 is 0 Å². The standard InChI is InChI=1S/C11H14Cl2N2O2/c1-2-7(6-10(14)15-16)17-9-5-3-4-8(12)11(9)13/h3-5,7,16H,2,6H2,1H3,(H2,14,15). The highest BCUT2D eigenvalue weighted by Gasteiger charge is 2.13. The zero-order valence-electron chi connectivity index (χ0n) is 9.36. The molecule has 0 heterocycles. The summed E-state index contributed by atoms with van der Waals surface area (Å²) in [5.41, 5.74) is 5.43. The number of nitrogens with zero attached hydrogens (tertiary/aromatic N) is 1. The van der Waals surface area contributed by atoms with Crippen LogP contribution in [-0.2, 0) is 0 Å². The molecule has 17 heavy (non-hydrogen) atoms. The second-order valence-electron chi connectivity index (χ2n) is 3.50. The minimum absolute atomic E-state index is 0.120. The molecule has 1 aromatic carbocycles. The quantitative estimate of drug-likeness (QED) is 0.375. The number of benzene rings is 1. The third kappa shape index (κ3) is 3.98. The van der Waals surface area contributed by atoms with Crippen LogP contribution in [0.4, 0.5) is 0 Å². The number of rotatable bonds is 5. The molecule has 0 aliphatic rings. The van der Waals surface area contributed by atoms with Crippen molar-refractivity contribution >= 4 is 29.0 Å². The number of hydrogen-bond acceptors (Lipinski definition) is 3. The normalized spacial score (nSPS) is 13.5. The first kappa shape index (κ1) is 13.9. The first-order chi connectivity index (χ1) is 8.08. The van der Waals surface area contributed by atoms with E-state index in [4.69, 9.17) is 38.9 Å². The summed E-state index contributed by atoms with van der Waals surface area (Å²) in [5.74, 6) is 0.617. The maximum Gasteiger partial charge on any atom is 0.142 e. The molecule has 1 atom stereocenters. The van der Waals surface area contributed by atoms with Crippen LogP contribution in [0, 0.1) is 0 Å². The van der Waals surface area contributed by atoms with E-state index < -0.39 is 0 Å². The summed E-state index contributed by atoms with van der Waals surface area (Å²) >= 11 is 11.9. The van der Waals surface area contributed by atoms with Gasteiger partial charge in [0, 0.05) is 6.42 Å². The van der Waals surface area contributed by atoms with E-state index in [-0.39, 0.29) is 11.9 Å². The Labute approximate surface area is 110 Å². The van der Waals surface area contributed by atoms with Gasteiger partial charge in [-0.05, 0) is 18.6 Å². The molecule has 1 unspecified atom stereocenters. The van der Waals surface area contributed by atoms with Gasteiger partial charge in [0.05, 0.1) is 5.02 Å². The van der Waals surface area contributed by atoms with Crippen molar-refractivity contribution in [2.45, 2.75) is 25.9 Å². The third-order valence-electron chi connectivity index (χ3n) is 2.23. The predicted octanol–water partition coefficient (Wildman–Crippen LogP) is 3.29. The Morgan fingerprint density at radius 2 is 2.24 bits per heavy atom. The fourth-order valence-corrected chi connectivity index (χ4v) is 1.63. The second kappa shape index (κ2) is 6.57. The fourth-order valence-electron chi connectivity index (χ4n) is 1.30. The lowest BCUT2D eigenvalue weighted by atomic mass is 10.2. The number of amidine groups is 1. The molecule has 6 heteroatoms. The molecule has 3 N–H and O–H groups in total. The molecule has 94 valence electrons. The van der Waals surface area contributed by atoms with E-state index in [1.54, 1.807) is 18.2 Å². The van der Waals surface area contributed by atoms with E-state index in [0.29, 0.717) is 28.6 Å². The van der Waals surface area contributed by atoms with Crippen molar-refractivity contribution in [1.82, 2.24) is 0 Å². The molecule has 0 aliphatic heterocycles. The maximum absolute atomic E-state index is 8.50. The predicted molar refractivity (Wildman–Crippen MR) is 69.2 cm³/mol. The Balaban J connectivity index is 2.77. The molecule has 0 bridgehead atoms. The Morgan fingerprint density at radius 1 is 1.53 bits per heavy atom. The molecule has 0 aliphatic carbocycles. The first-order valence-corrected chi connectivity index (χ1v) is 5.91. The van der Waals surface area contributed by atoms with Crippen LogP contribution in [0.5, 0.6) is 5.75 Å². The van der Waals surface area contributed by atoms with Gasteiger partial charge >= 0.3 is 0 Å². The summed E-state index contributed by atoms with van der Waals surface area (Å²) in [4.78, 5) is 0. The van der Waals surface area contributed by atoms with Gasteiger partial charge in [0.25, 0.3) is 0 Å². The van der Waals surface area contributed by atoms with Gasteiger partial charge in [0.1, 0.15) is 22.7 Å². The van der Waals surface area contributed by atoms with E-state index in [1.165, 1.54) is 0 Å². The molecule has 0 spiro atoms. The number of hydrogen-bond donors (Lipinski definition) is 2. The van der Waals surface area contributed by atoms with E-state index in [0.717, 1.165) is 0 Å². The number of ether oxygens (including phenoxy) is 1. The summed E-state index contributed by atoms with van der Waals surface area (Å²) in [6, 6.07) is 5.16.